The first-order valence-corrected chi connectivity index (χ1v) is 4.79. The van der Waals surface area contributed by atoms with Gasteiger partial charge in [-0.2, -0.15) is 5.26 Å². The predicted octanol–water partition coefficient (Wildman–Crippen LogP) is 2.03. The van der Waals surface area contributed by atoms with Gasteiger partial charge in [0.1, 0.15) is 0 Å². The monoisotopic (exact) mass is 190 g/mol. The van der Waals surface area contributed by atoms with Crippen molar-refractivity contribution in [2.24, 2.45) is 0 Å². The fourth-order valence-corrected chi connectivity index (χ4v) is 1.69. The second-order valence-electron chi connectivity index (χ2n) is 3.42. The molecule has 2 nitrogen and oxygen atoms in total. The molecule has 2 rings (SSSR count). The van der Waals surface area contributed by atoms with Crippen LogP contribution < -0.4 is 5.32 Å². The van der Waals surface area contributed by atoms with E-state index >= 15 is 0 Å². The molecule has 1 saturated heterocycles. The van der Waals surface area contributed by atoms with E-state index in [4.69, 9.17) is 10.7 Å². The van der Waals surface area contributed by atoms with E-state index in [9.17, 15) is 0 Å². The minimum absolute atomic E-state index is 0.0483. The van der Waals surface area contributed by atoms with Crippen molar-refractivity contribution < 1.29 is 5.48 Å². The van der Waals surface area contributed by atoms with Gasteiger partial charge < -0.3 is 5.32 Å². The highest BCUT2D eigenvalue weighted by Gasteiger charge is 2.14. The van der Waals surface area contributed by atoms with Gasteiger partial charge >= 0.3 is 0 Å². The highest BCUT2D eigenvalue weighted by molar-refractivity contribution is 5.33. The Bertz CT molecular complexity index is 487. The Hall–Kier alpha value is -1.33. The topological polar surface area (TPSA) is 35.8 Å². The maximum Gasteiger partial charge on any atom is 0.0991 e. The molecule has 1 aromatic carbocycles. The summed E-state index contributed by atoms with van der Waals surface area (Å²) in [6, 6.07) is 1.20. The predicted molar refractivity (Wildman–Crippen MR) is 56.0 cm³/mol. The summed E-state index contributed by atoms with van der Waals surface area (Å²) in [5, 5.41) is 12.1. The van der Waals surface area contributed by atoms with Crippen LogP contribution >= 0.6 is 0 Å². The molecule has 14 heavy (non-hydrogen) atoms. The number of nitrogens with zero attached hydrogens (tertiary/aromatic N) is 1. The van der Waals surface area contributed by atoms with Crippen molar-refractivity contribution in [1.82, 2.24) is 5.32 Å². The number of piperidine rings is 1. The number of rotatable bonds is 1. The van der Waals surface area contributed by atoms with Gasteiger partial charge in [0.05, 0.1) is 17.1 Å². The molecule has 0 aliphatic carbocycles. The maximum absolute atomic E-state index is 8.88. The molecule has 0 atom stereocenters. The number of benzene rings is 1. The number of nitrogens with one attached hydrogen (secondary N) is 1. The molecule has 0 amide bonds. The van der Waals surface area contributed by atoms with Crippen LogP contribution in [0.2, 0.25) is 0 Å². The third-order valence-electron chi connectivity index (χ3n) is 2.50. The van der Waals surface area contributed by atoms with Crippen LogP contribution in [0.25, 0.3) is 0 Å². The van der Waals surface area contributed by atoms with Crippen LogP contribution in [0.4, 0.5) is 0 Å². The minimum atomic E-state index is -0.216. The fourth-order valence-electron chi connectivity index (χ4n) is 1.69. The molecule has 1 aliphatic heterocycles. The van der Waals surface area contributed by atoms with Crippen molar-refractivity contribution in [2.45, 2.75) is 18.8 Å². The molecule has 1 fully saturated rings. The van der Waals surface area contributed by atoms with Crippen LogP contribution in [0.5, 0.6) is 0 Å². The van der Waals surface area contributed by atoms with Crippen molar-refractivity contribution in [1.29, 1.82) is 5.26 Å². The zero-order valence-corrected chi connectivity index (χ0v) is 7.85. The number of nitriles is 1. The van der Waals surface area contributed by atoms with E-state index in [0.29, 0.717) is 5.56 Å². The fraction of sp³-hybridized carbons (Fsp3) is 0.417. The molecule has 2 heteroatoms. The summed E-state index contributed by atoms with van der Waals surface area (Å²) < 4.78 is 31.4. The standard InChI is InChI=1S/C12H14N2/c13-9-10-1-3-11(4-2-10)12-5-7-14-8-6-12/h1-4,12,14H,5-8H2/i1D,2D,3D,4D. The second-order valence-corrected chi connectivity index (χ2v) is 3.42. The molecule has 0 radical (unpaired) electrons. The zero-order chi connectivity index (χ0) is 13.3. The lowest BCUT2D eigenvalue weighted by Gasteiger charge is -2.22. The lowest BCUT2D eigenvalue weighted by Crippen LogP contribution is -2.26. The summed E-state index contributed by atoms with van der Waals surface area (Å²) in [6.07, 6.45) is 1.62. The van der Waals surface area contributed by atoms with Crippen LogP contribution in [0.3, 0.4) is 0 Å². The average Bonchev–Trinajstić information content (AvgIpc) is 2.39. The van der Waals surface area contributed by atoms with Crippen LogP contribution in [0.15, 0.2) is 24.2 Å². The first-order valence-electron chi connectivity index (χ1n) is 6.79. The lowest BCUT2D eigenvalue weighted by atomic mass is 9.90. The Morgan fingerprint density at radius 1 is 1.29 bits per heavy atom. The first kappa shape index (κ1) is 5.53. The Labute approximate surface area is 90.2 Å². The molecule has 1 N–H and O–H groups in total. The molecule has 1 aromatic rings. The van der Waals surface area contributed by atoms with Crippen molar-refractivity contribution in [3.8, 4) is 6.07 Å². The zero-order valence-electron chi connectivity index (χ0n) is 11.9. The Kier molecular flexibility index (Phi) is 1.68. The van der Waals surface area contributed by atoms with Gasteiger partial charge in [0.15, 0.2) is 0 Å². The van der Waals surface area contributed by atoms with Gasteiger partial charge in [-0.1, -0.05) is 12.1 Å². The third-order valence-corrected chi connectivity index (χ3v) is 2.50. The lowest BCUT2D eigenvalue weighted by molar-refractivity contribution is 0.460. The normalized spacial score (nSPS) is 21.6. The van der Waals surface area contributed by atoms with Gasteiger partial charge in [0.2, 0.25) is 0 Å². The molecule has 0 bridgehead atoms. The highest BCUT2D eigenvalue weighted by atomic mass is 14.9. The van der Waals surface area contributed by atoms with Crippen LogP contribution in [-0.2, 0) is 0 Å². The van der Waals surface area contributed by atoms with E-state index in [1.165, 1.54) is 0 Å². The van der Waals surface area contributed by atoms with E-state index in [0.717, 1.165) is 25.9 Å². The Balaban J connectivity index is 2.57. The van der Waals surface area contributed by atoms with E-state index in [1.807, 2.05) is 0 Å². The van der Waals surface area contributed by atoms with Crippen LogP contribution in [-0.4, -0.2) is 13.1 Å². The smallest absolute Gasteiger partial charge is 0.0991 e. The summed E-state index contributed by atoms with van der Waals surface area (Å²) >= 11 is 0. The van der Waals surface area contributed by atoms with Crippen molar-refractivity contribution in [3.63, 3.8) is 0 Å². The van der Waals surface area contributed by atoms with Crippen LogP contribution in [0.1, 0.15) is 35.4 Å². The Morgan fingerprint density at radius 3 is 2.50 bits per heavy atom. The summed E-state index contributed by atoms with van der Waals surface area (Å²) in [6.45, 7) is 1.65. The van der Waals surface area contributed by atoms with Crippen LogP contribution in [0, 0.1) is 11.3 Å². The van der Waals surface area contributed by atoms with E-state index in [-0.39, 0.29) is 35.7 Å². The van der Waals surface area contributed by atoms with Crippen molar-refractivity contribution in [2.75, 3.05) is 13.1 Å². The van der Waals surface area contributed by atoms with Crippen molar-refractivity contribution in [3.05, 3.63) is 35.3 Å². The van der Waals surface area contributed by atoms with Crippen molar-refractivity contribution >= 4 is 0 Å². The molecule has 0 spiro atoms. The average molecular weight is 190 g/mol. The highest BCUT2D eigenvalue weighted by Crippen LogP contribution is 2.24. The summed E-state index contributed by atoms with van der Waals surface area (Å²) in [7, 11) is 0. The molecular formula is C12H14N2. The maximum atomic E-state index is 8.88. The van der Waals surface area contributed by atoms with Gasteiger partial charge in [-0.05, 0) is 49.5 Å². The second kappa shape index (κ2) is 4.26. The molecule has 0 aromatic heterocycles. The number of hydrogen-bond donors (Lipinski definition) is 1. The third kappa shape index (κ3) is 1.94. The summed E-state index contributed by atoms with van der Waals surface area (Å²) in [5.41, 5.74) is 0.299. The van der Waals surface area contributed by atoms with Gasteiger partial charge in [0.25, 0.3) is 0 Å². The Morgan fingerprint density at radius 2 is 1.93 bits per heavy atom. The van der Waals surface area contributed by atoms with Gasteiger partial charge in [-0.3, -0.25) is 0 Å². The summed E-state index contributed by atoms with van der Waals surface area (Å²) in [4.78, 5) is 0. The molecule has 1 heterocycles. The largest absolute Gasteiger partial charge is 0.317 e. The molecule has 0 unspecified atom stereocenters. The van der Waals surface area contributed by atoms with E-state index in [2.05, 4.69) is 5.32 Å². The SMILES string of the molecule is [2H]c1c([2H])c(C2CCNCC2)c([2H])c([2H])c1C#N. The van der Waals surface area contributed by atoms with Gasteiger partial charge in [-0.15, -0.1) is 0 Å². The van der Waals surface area contributed by atoms with Gasteiger partial charge in [-0.25, -0.2) is 0 Å². The molecule has 0 saturated carbocycles. The van der Waals surface area contributed by atoms with E-state index < -0.39 is 0 Å². The quantitative estimate of drug-likeness (QED) is 0.735. The first-order chi connectivity index (χ1) is 8.57. The molecular weight excluding hydrogens is 172 g/mol. The minimum Gasteiger partial charge on any atom is -0.317 e. The number of hydrogen-bond acceptors (Lipinski definition) is 2. The molecule has 72 valence electrons. The summed E-state index contributed by atoms with van der Waals surface area (Å²) in [5.74, 6) is 0.0483. The molecule has 1 aliphatic rings. The van der Waals surface area contributed by atoms with Gasteiger partial charge in [0, 0.05) is 0 Å². The van der Waals surface area contributed by atoms with E-state index in [1.54, 1.807) is 6.07 Å².